The Bertz CT molecular complexity index is 131. The van der Waals surface area contributed by atoms with Gasteiger partial charge in [-0.3, -0.25) is 0 Å². The minimum absolute atomic E-state index is 0.420. The number of hydrogen-bond donors (Lipinski definition) is 2. The maximum absolute atomic E-state index is 5.81. The zero-order chi connectivity index (χ0) is 9.68. The molecular formula is C10H22N2O. The molecular weight excluding hydrogens is 164 g/mol. The fourth-order valence-electron chi connectivity index (χ4n) is 1.57. The van der Waals surface area contributed by atoms with Gasteiger partial charge in [-0.1, -0.05) is 13.8 Å². The van der Waals surface area contributed by atoms with Crippen LogP contribution in [0.5, 0.6) is 0 Å². The normalized spacial score (nSPS) is 29.5. The second-order valence-corrected chi connectivity index (χ2v) is 4.43. The lowest BCUT2D eigenvalue weighted by atomic mass is 9.92. The molecule has 0 atom stereocenters. The number of nitrogens with two attached hydrogens (primary N) is 1. The molecule has 3 heteroatoms. The molecule has 1 aliphatic carbocycles. The number of hydrogen-bond acceptors (Lipinski definition) is 3. The highest BCUT2D eigenvalue weighted by molar-refractivity contribution is 4.76. The van der Waals surface area contributed by atoms with E-state index >= 15 is 0 Å². The summed E-state index contributed by atoms with van der Waals surface area (Å²) in [5, 5.41) is 0. The average molecular weight is 186 g/mol. The van der Waals surface area contributed by atoms with Crippen LogP contribution in [0.2, 0.25) is 0 Å². The largest absolute Gasteiger partial charge is 0.328 e. The van der Waals surface area contributed by atoms with Crippen LogP contribution >= 0.6 is 0 Å². The topological polar surface area (TPSA) is 47.3 Å². The van der Waals surface area contributed by atoms with Gasteiger partial charge in [0, 0.05) is 12.1 Å². The van der Waals surface area contributed by atoms with Gasteiger partial charge in [-0.05, 0) is 31.6 Å². The van der Waals surface area contributed by atoms with Gasteiger partial charge in [0.2, 0.25) is 0 Å². The number of hydroxylamine groups is 1. The second kappa shape index (κ2) is 5.58. The molecule has 3 nitrogen and oxygen atoms in total. The van der Waals surface area contributed by atoms with Crippen molar-refractivity contribution in [3.05, 3.63) is 0 Å². The van der Waals surface area contributed by atoms with Gasteiger partial charge in [0.1, 0.15) is 0 Å². The molecule has 1 saturated carbocycles. The average Bonchev–Trinajstić information content (AvgIpc) is 2.08. The fraction of sp³-hybridized carbons (Fsp3) is 1.00. The molecule has 0 bridgehead atoms. The van der Waals surface area contributed by atoms with E-state index in [4.69, 9.17) is 10.6 Å². The van der Waals surface area contributed by atoms with Gasteiger partial charge in [-0.2, -0.15) is 5.48 Å². The zero-order valence-corrected chi connectivity index (χ0v) is 8.75. The first-order valence-corrected chi connectivity index (χ1v) is 5.31. The predicted molar refractivity (Wildman–Crippen MR) is 54.2 cm³/mol. The van der Waals surface area contributed by atoms with Crippen LogP contribution in [0.1, 0.15) is 39.5 Å². The van der Waals surface area contributed by atoms with E-state index in [-0.39, 0.29) is 0 Å². The van der Waals surface area contributed by atoms with Crippen molar-refractivity contribution in [3.8, 4) is 0 Å². The van der Waals surface area contributed by atoms with E-state index in [0.717, 1.165) is 32.3 Å². The molecule has 0 aromatic rings. The van der Waals surface area contributed by atoms with Crippen molar-refractivity contribution in [1.29, 1.82) is 0 Å². The number of nitrogens with one attached hydrogen (secondary N) is 1. The summed E-state index contributed by atoms with van der Waals surface area (Å²) in [4.78, 5) is 5.38. The van der Waals surface area contributed by atoms with Crippen LogP contribution in [-0.4, -0.2) is 18.7 Å². The van der Waals surface area contributed by atoms with Gasteiger partial charge < -0.3 is 10.6 Å². The van der Waals surface area contributed by atoms with Crippen molar-refractivity contribution < 1.29 is 4.84 Å². The van der Waals surface area contributed by atoms with Crippen LogP contribution in [0.25, 0.3) is 0 Å². The van der Waals surface area contributed by atoms with Gasteiger partial charge in [0.25, 0.3) is 0 Å². The van der Waals surface area contributed by atoms with Crippen molar-refractivity contribution >= 4 is 0 Å². The van der Waals surface area contributed by atoms with Crippen LogP contribution < -0.4 is 11.2 Å². The van der Waals surface area contributed by atoms with Gasteiger partial charge >= 0.3 is 0 Å². The van der Waals surface area contributed by atoms with E-state index in [1.807, 2.05) is 0 Å². The van der Waals surface area contributed by atoms with E-state index in [0.29, 0.717) is 18.0 Å². The summed E-state index contributed by atoms with van der Waals surface area (Å²) >= 11 is 0. The monoisotopic (exact) mass is 186 g/mol. The lowest BCUT2D eigenvalue weighted by Gasteiger charge is -2.26. The van der Waals surface area contributed by atoms with E-state index < -0.39 is 0 Å². The van der Waals surface area contributed by atoms with E-state index in [1.54, 1.807) is 0 Å². The van der Waals surface area contributed by atoms with Crippen LogP contribution in [0.15, 0.2) is 0 Å². The summed E-state index contributed by atoms with van der Waals surface area (Å²) in [5.41, 5.74) is 8.92. The molecule has 13 heavy (non-hydrogen) atoms. The third-order valence-corrected chi connectivity index (χ3v) is 2.44. The second-order valence-electron chi connectivity index (χ2n) is 4.43. The Kier molecular flexibility index (Phi) is 4.70. The summed E-state index contributed by atoms with van der Waals surface area (Å²) in [6.45, 7) is 5.10. The van der Waals surface area contributed by atoms with Gasteiger partial charge in [-0.15, -0.1) is 0 Å². The Balaban J connectivity index is 2.02. The molecule has 1 aliphatic rings. The molecule has 3 N–H and O–H groups in total. The number of rotatable bonds is 4. The van der Waals surface area contributed by atoms with Crippen LogP contribution in [0.3, 0.4) is 0 Å². The van der Waals surface area contributed by atoms with Crippen molar-refractivity contribution in [2.24, 2.45) is 11.7 Å². The van der Waals surface area contributed by atoms with Crippen LogP contribution in [-0.2, 0) is 4.84 Å². The Morgan fingerprint density at radius 2 is 1.92 bits per heavy atom. The highest BCUT2D eigenvalue weighted by atomic mass is 16.6. The Labute approximate surface area is 81.0 Å². The van der Waals surface area contributed by atoms with Crippen molar-refractivity contribution in [1.82, 2.24) is 5.48 Å². The smallest absolute Gasteiger partial charge is 0.0705 e. The quantitative estimate of drug-likeness (QED) is 0.653. The molecule has 1 fully saturated rings. The molecule has 0 aromatic carbocycles. The minimum Gasteiger partial charge on any atom is -0.328 e. The molecule has 78 valence electrons. The molecule has 0 amide bonds. The molecule has 0 radical (unpaired) electrons. The Morgan fingerprint density at radius 1 is 1.31 bits per heavy atom. The van der Waals surface area contributed by atoms with E-state index in [9.17, 15) is 0 Å². The lowest BCUT2D eigenvalue weighted by Crippen LogP contribution is -2.37. The molecule has 0 aliphatic heterocycles. The minimum atomic E-state index is 0.420. The van der Waals surface area contributed by atoms with E-state index in [2.05, 4.69) is 19.3 Å². The Morgan fingerprint density at radius 3 is 2.46 bits per heavy atom. The maximum atomic E-state index is 5.81. The summed E-state index contributed by atoms with van der Waals surface area (Å²) in [7, 11) is 0. The lowest BCUT2D eigenvalue weighted by molar-refractivity contribution is -0.00777. The van der Waals surface area contributed by atoms with Gasteiger partial charge in [0.05, 0.1) is 6.61 Å². The van der Waals surface area contributed by atoms with Crippen LogP contribution in [0, 0.1) is 5.92 Å². The van der Waals surface area contributed by atoms with Crippen LogP contribution in [0.4, 0.5) is 0 Å². The molecule has 1 rings (SSSR count). The summed E-state index contributed by atoms with van der Waals surface area (Å²) in [6.07, 6.45) is 4.56. The maximum Gasteiger partial charge on any atom is 0.0705 e. The highest BCUT2D eigenvalue weighted by Gasteiger charge is 2.18. The molecule has 0 aromatic heterocycles. The summed E-state index contributed by atoms with van der Waals surface area (Å²) < 4.78 is 0. The fourth-order valence-corrected chi connectivity index (χ4v) is 1.57. The van der Waals surface area contributed by atoms with E-state index in [1.165, 1.54) is 0 Å². The van der Waals surface area contributed by atoms with Crippen molar-refractivity contribution in [2.75, 3.05) is 6.61 Å². The van der Waals surface area contributed by atoms with Gasteiger partial charge in [0.15, 0.2) is 0 Å². The third kappa shape index (κ3) is 4.60. The molecule has 0 heterocycles. The third-order valence-electron chi connectivity index (χ3n) is 2.44. The van der Waals surface area contributed by atoms with Crippen molar-refractivity contribution in [3.63, 3.8) is 0 Å². The summed E-state index contributed by atoms with van der Waals surface area (Å²) in [5.74, 6) is 0.596. The van der Waals surface area contributed by atoms with Crippen molar-refractivity contribution in [2.45, 2.75) is 51.6 Å². The molecule has 0 spiro atoms. The molecule has 0 unspecified atom stereocenters. The Hall–Kier alpha value is -0.120. The first kappa shape index (κ1) is 11.0. The molecule has 0 saturated heterocycles. The summed E-state index contributed by atoms with van der Waals surface area (Å²) in [6, 6.07) is 0.946. The first-order chi connectivity index (χ1) is 6.18. The standard InChI is InChI=1S/C10H22N2O/c1-8(2)7-13-12-10-5-3-9(11)4-6-10/h8-10,12H,3-7,11H2,1-2H3. The predicted octanol–water partition coefficient (Wildman–Crippen LogP) is 1.43. The van der Waals surface area contributed by atoms with Gasteiger partial charge in [-0.25, -0.2) is 0 Å². The highest BCUT2D eigenvalue weighted by Crippen LogP contribution is 2.16. The first-order valence-electron chi connectivity index (χ1n) is 5.31. The SMILES string of the molecule is CC(C)CONC1CCC(N)CC1. The zero-order valence-electron chi connectivity index (χ0n) is 8.75.